The summed E-state index contributed by atoms with van der Waals surface area (Å²) in [5.74, 6) is 1.19. The van der Waals surface area contributed by atoms with Crippen LogP contribution in [0.5, 0.6) is 0 Å². The quantitative estimate of drug-likeness (QED) is 0.648. The van der Waals surface area contributed by atoms with Crippen LogP contribution in [0.4, 0.5) is 5.82 Å². The molecule has 3 N–H and O–H groups in total. The van der Waals surface area contributed by atoms with E-state index in [9.17, 15) is 5.11 Å². The van der Waals surface area contributed by atoms with E-state index in [1.54, 1.807) is 12.4 Å². The van der Waals surface area contributed by atoms with Gasteiger partial charge in [0, 0.05) is 35.3 Å². The molecule has 5 rings (SSSR count). The summed E-state index contributed by atoms with van der Waals surface area (Å²) in [5, 5.41) is 21.0. The van der Waals surface area contributed by atoms with E-state index in [0.717, 1.165) is 59.0 Å². The number of rotatable bonds is 4. The number of anilines is 1. The monoisotopic (exact) mass is 371 g/mol. The maximum absolute atomic E-state index is 9.31. The fourth-order valence-corrected chi connectivity index (χ4v) is 4.04. The third kappa shape index (κ3) is 2.82. The highest BCUT2D eigenvalue weighted by Gasteiger charge is 2.28. The van der Waals surface area contributed by atoms with E-state index in [0.29, 0.717) is 5.92 Å². The highest BCUT2D eigenvalue weighted by molar-refractivity contribution is 5.90. The Labute approximate surface area is 162 Å². The van der Waals surface area contributed by atoms with Gasteiger partial charge in [0.15, 0.2) is 5.65 Å². The number of aromatic nitrogens is 3. The molecule has 140 valence electrons. The Bertz CT molecular complexity index is 1120. The number of hydrogen-bond acceptors (Lipinski definition) is 5. The number of nitrogens with one attached hydrogen (secondary N) is 2. The second-order valence-electron chi connectivity index (χ2n) is 7.29. The van der Waals surface area contributed by atoms with Gasteiger partial charge in [-0.1, -0.05) is 35.9 Å². The summed E-state index contributed by atoms with van der Waals surface area (Å²) in [6.45, 7) is 0.0249. The first kappa shape index (κ1) is 16.9. The predicted octanol–water partition coefficient (Wildman–Crippen LogP) is 3.94. The average Bonchev–Trinajstić information content (AvgIpc) is 3.29. The Morgan fingerprint density at radius 1 is 1.21 bits per heavy atom. The van der Waals surface area contributed by atoms with Crippen LogP contribution in [0.3, 0.4) is 0 Å². The van der Waals surface area contributed by atoms with E-state index in [1.807, 2.05) is 34.9 Å². The summed E-state index contributed by atoms with van der Waals surface area (Å²) in [6.07, 6.45) is 12.5. The average molecular weight is 371 g/mol. The summed E-state index contributed by atoms with van der Waals surface area (Å²) in [4.78, 5) is 8.97. The lowest BCUT2D eigenvalue weighted by molar-refractivity contribution is 0.282. The van der Waals surface area contributed by atoms with E-state index in [-0.39, 0.29) is 6.61 Å². The number of aliphatic hydroxyl groups is 1. The number of aliphatic hydroxyl groups excluding tert-OH is 1. The van der Waals surface area contributed by atoms with Crippen molar-refractivity contribution < 1.29 is 5.11 Å². The van der Waals surface area contributed by atoms with Crippen LogP contribution in [0.2, 0.25) is 0 Å². The third-order valence-corrected chi connectivity index (χ3v) is 5.57. The van der Waals surface area contributed by atoms with E-state index in [1.165, 1.54) is 5.57 Å². The summed E-state index contributed by atoms with van der Waals surface area (Å²) in [5.41, 5.74) is 6.72. The minimum Gasteiger partial charge on any atom is -0.392 e. The number of nitrogens with zero attached hydrogens (tertiary/aromatic N) is 3. The van der Waals surface area contributed by atoms with Crippen LogP contribution < -0.4 is 5.32 Å². The van der Waals surface area contributed by atoms with Gasteiger partial charge in [0.1, 0.15) is 11.5 Å². The number of benzene rings is 1. The number of allylic oxidation sites excluding steroid dienone is 3. The van der Waals surface area contributed by atoms with Gasteiger partial charge in [-0.25, -0.2) is 4.98 Å². The van der Waals surface area contributed by atoms with Gasteiger partial charge in [-0.05, 0) is 30.9 Å². The molecule has 6 heteroatoms. The van der Waals surface area contributed by atoms with Gasteiger partial charge < -0.3 is 15.8 Å². The van der Waals surface area contributed by atoms with Gasteiger partial charge >= 0.3 is 0 Å². The molecule has 28 heavy (non-hydrogen) atoms. The van der Waals surface area contributed by atoms with Crippen molar-refractivity contribution in [1.29, 1.82) is 5.41 Å². The van der Waals surface area contributed by atoms with Gasteiger partial charge in [-0.3, -0.25) is 9.38 Å². The first-order valence-electron chi connectivity index (χ1n) is 9.50. The van der Waals surface area contributed by atoms with Crippen molar-refractivity contribution in [3.05, 3.63) is 71.8 Å². The minimum atomic E-state index is 0.0249. The van der Waals surface area contributed by atoms with Gasteiger partial charge in [-0.2, -0.15) is 0 Å². The molecule has 0 spiro atoms. The normalized spacial score (nSPS) is 18.8. The molecule has 1 unspecified atom stereocenters. The molecule has 6 nitrogen and oxygen atoms in total. The van der Waals surface area contributed by atoms with Gasteiger partial charge in [0.25, 0.3) is 0 Å². The first-order chi connectivity index (χ1) is 13.7. The standard InChI is InChI=1S/C22H21N5O/c23-19-8-5-16-11-17(6-7-18(16)19)25-22-21(15-3-1-14(13-28)2-4-15)26-20-12-24-9-10-27(20)22/h1-4,6,9-12,18,23,25,28H,5,7-8,13H2. The Balaban J connectivity index is 1.55. The molecule has 1 fully saturated rings. The van der Waals surface area contributed by atoms with E-state index < -0.39 is 0 Å². The topological polar surface area (TPSA) is 86.3 Å². The minimum absolute atomic E-state index is 0.0249. The maximum atomic E-state index is 9.31. The second-order valence-corrected chi connectivity index (χ2v) is 7.29. The van der Waals surface area contributed by atoms with Gasteiger partial charge in [-0.15, -0.1) is 0 Å². The molecule has 0 amide bonds. The molecular weight excluding hydrogens is 350 g/mol. The van der Waals surface area contributed by atoms with Crippen LogP contribution in [0.1, 0.15) is 24.8 Å². The lowest BCUT2D eigenvalue weighted by atomic mass is 9.92. The van der Waals surface area contributed by atoms with Crippen molar-refractivity contribution in [1.82, 2.24) is 14.4 Å². The maximum Gasteiger partial charge on any atom is 0.157 e. The molecule has 2 aromatic heterocycles. The van der Waals surface area contributed by atoms with Crippen molar-refractivity contribution in [2.45, 2.75) is 25.9 Å². The van der Waals surface area contributed by atoms with Crippen molar-refractivity contribution in [2.75, 3.05) is 5.32 Å². The lowest BCUT2D eigenvalue weighted by Crippen LogP contribution is -2.12. The Kier molecular flexibility index (Phi) is 4.06. The second kappa shape index (κ2) is 6.73. The zero-order chi connectivity index (χ0) is 19.1. The molecular formula is C22H21N5O. The molecule has 0 saturated heterocycles. The van der Waals surface area contributed by atoms with E-state index in [4.69, 9.17) is 10.4 Å². The van der Waals surface area contributed by atoms with Crippen LogP contribution in [0.25, 0.3) is 16.9 Å². The Morgan fingerprint density at radius 3 is 2.89 bits per heavy atom. The highest BCUT2D eigenvalue weighted by atomic mass is 16.3. The molecule has 2 aliphatic carbocycles. The number of hydrogen-bond donors (Lipinski definition) is 3. The van der Waals surface area contributed by atoms with E-state index >= 15 is 0 Å². The van der Waals surface area contributed by atoms with Crippen molar-refractivity contribution in [3.63, 3.8) is 0 Å². The molecule has 1 saturated carbocycles. The SMILES string of the molecule is N=C1CCC2=CC(Nc3c(-c4ccc(CO)cc4)nc4cnccn34)=CCC12. The molecule has 1 aromatic carbocycles. The van der Waals surface area contributed by atoms with Crippen LogP contribution in [-0.4, -0.2) is 25.2 Å². The largest absolute Gasteiger partial charge is 0.392 e. The zero-order valence-electron chi connectivity index (χ0n) is 15.4. The van der Waals surface area contributed by atoms with Crippen LogP contribution >= 0.6 is 0 Å². The van der Waals surface area contributed by atoms with Gasteiger partial charge in [0.2, 0.25) is 0 Å². The van der Waals surface area contributed by atoms with Crippen LogP contribution in [-0.2, 0) is 6.61 Å². The smallest absolute Gasteiger partial charge is 0.157 e. The molecule has 2 aliphatic rings. The fourth-order valence-electron chi connectivity index (χ4n) is 4.04. The molecule has 0 bridgehead atoms. The molecule has 1 atom stereocenters. The number of imidazole rings is 1. The predicted molar refractivity (Wildman–Crippen MR) is 109 cm³/mol. The summed E-state index contributed by atoms with van der Waals surface area (Å²) < 4.78 is 2.00. The molecule has 0 aliphatic heterocycles. The summed E-state index contributed by atoms with van der Waals surface area (Å²) in [6, 6.07) is 7.79. The van der Waals surface area contributed by atoms with Crippen molar-refractivity contribution in [2.24, 2.45) is 5.92 Å². The third-order valence-electron chi connectivity index (χ3n) is 5.57. The molecule has 0 radical (unpaired) electrons. The molecule has 3 aromatic rings. The fraction of sp³-hybridized carbons (Fsp3) is 0.227. The summed E-state index contributed by atoms with van der Waals surface area (Å²) in [7, 11) is 0. The van der Waals surface area contributed by atoms with Crippen LogP contribution in [0.15, 0.2) is 66.3 Å². The Morgan fingerprint density at radius 2 is 2.07 bits per heavy atom. The van der Waals surface area contributed by atoms with E-state index in [2.05, 4.69) is 22.5 Å². The first-order valence-corrected chi connectivity index (χ1v) is 9.50. The lowest BCUT2D eigenvalue weighted by Gasteiger charge is -2.19. The van der Waals surface area contributed by atoms with Crippen molar-refractivity contribution in [3.8, 4) is 11.3 Å². The highest BCUT2D eigenvalue weighted by Crippen LogP contribution is 2.37. The van der Waals surface area contributed by atoms with Crippen molar-refractivity contribution >= 4 is 17.2 Å². The summed E-state index contributed by atoms with van der Waals surface area (Å²) >= 11 is 0. The van der Waals surface area contributed by atoms with Gasteiger partial charge in [0.05, 0.1) is 12.8 Å². The van der Waals surface area contributed by atoms with Crippen LogP contribution in [0, 0.1) is 11.3 Å². The zero-order valence-corrected chi connectivity index (χ0v) is 15.4. The number of fused-ring (bicyclic) bond motifs is 2. The molecule has 2 heterocycles. The Hall–Kier alpha value is -3.25.